The van der Waals surface area contributed by atoms with E-state index in [0.29, 0.717) is 18.2 Å². The van der Waals surface area contributed by atoms with E-state index in [4.69, 9.17) is 4.52 Å². The molecule has 0 spiro atoms. The second kappa shape index (κ2) is 7.77. The first kappa shape index (κ1) is 17.6. The van der Waals surface area contributed by atoms with Gasteiger partial charge < -0.3 is 19.9 Å². The van der Waals surface area contributed by atoms with Gasteiger partial charge in [0.2, 0.25) is 5.91 Å². The topological polar surface area (TPSA) is 123 Å². The number of carbonyl (C=O) groups excluding carboxylic acids is 3. The number of amides is 2. The molecule has 1 aromatic carbocycles. The zero-order chi connectivity index (χ0) is 18.5. The molecule has 1 fully saturated rings. The molecule has 1 saturated carbocycles. The number of hydrogen-bond donors (Lipinski definition) is 2. The first-order valence-corrected chi connectivity index (χ1v) is 8.15. The average molecular weight is 358 g/mol. The normalized spacial score (nSPS) is 13.1. The van der Waals surface area contributed by atoms with Crippen LogP contribution in [0.3, 0.4) is 0 Å². The number of ether oxygens (including phenoxy) is 1. The number of anilines is 1. The van der Waals surface area contributed by atoms with Crippen molar-refractivity contribution in [2.45, 2.75) is 19.3 Å². The Bertz CT molecular complexity index is 828. The van der Waals surface area contributed by atoms with Crippen LogP contribution in [-0.4, -0.2) is 41.6 Å². The van der Waals surface area contributed by atoms with Gasteiger partial charge in [0.25, 0.3) is 0 Å². The minimum atomic E-state index is -0.560. The van der Waals surface area contributed by atoms with Crippen molar-refractivity contribution in [3.8, 4) is 0 Å². The summed E-state index contributed by atoms with van der Waals surface area (Å²) >= 11 is 0. The molecule has 26 heavy (non-hydrogen) atoms. The maximum Gasteiger partial charge on any atom is 0.339 e. The minimum Gasteiger partial charge on any atom is -0.465 e. The van der Waals surface area contributed by atoms with Crippen LogP contribution in [0.4, 0.5) is 5.69 Å². The maximum atomic E-state index is 12.2. The van der Waals surface area contributed by atoms with Gasteiger partial charge in [-0.15, -0.1) is 0 Å². The molecule has 1 heterocycles. The van der Waals surface area contributed by atoms with Crippen molar-refractivity contribution in [2.24, 2.45) is 5.92 Å². The zero-order valence-corrected chi connectivity index (χ0v) is 14.2. The molecule has 2 aromatic rings. The van der Waals surface area contributed by atoms with Crippen LogP contribution in [0.5, 0.6) is 0 Å². The summed E-state index contributed by atoms with van der Waals surface area (Å²) in [5.74, 6) is -1.03. The van der Waals surface area contributed by atoms with Crippen molar-refractivity contribution in [1.29, 1.82) is 0 Å². The van der Waals surface area contributed by atoms with E-state index in [-0.39, 0.29) is 23.7 Å². The zero-order valence-electron chi connectivity index (χ0n) is 14.2. The van der Waals surface area contributed by atoms with Gasteiger partial charge in [-0.25, -0.2) is 4.79 Å². The highest BCUT2D eigenvalue weighted by Crippen LogP contribution is 2.27. The lowest BCUT2D eigenvalue weighted by molar-refractivity contribution is -0.115. The number of carbonyl (C=O) groups is 3. The van der Waals surface area contributed by atoms with Gasteiger partial charge in [0.1, 0.15) is 0 Å². The number of rotatable bonds is 7. The predicted molar refractivity (Wildman–Crippen MR) is 89.5 cm³/mol. The Hall–Kier alpha value is -3.23. The summed E-state index contributed by atoms with van der Waals surface area (Å²) in [6.45, 7) is 0.585. The molecule has 0 saturated heterocycles. The SMILES string of the molecule is COC(=O)c1ccccc1NC(=O)Cc1noc(C(=O)NCC2CC2)n1. The summed E-state index contributed by atoms with van der Waals surface area (Å²) in [6.07, 6.45) is 2.03. The molecule has 0 aliphatic heterocycles. The third-order valence-corrected chi connectivity index (χ3v) is 3.84. The van der Waals surface area contributed by atoms with E-state index in [1.807, 2.05) is 0 Å². The highest BCUT2D eigenvalue weighted by Gasteiger charge is 2.24. The van der Waals surface area contributed by atoms with Crippen LogP contribution < -0.4 is 10.6 Å². The molecule has 3 rings (SSSR count). The lowest BCUT2D eigenvalue weighted by Crippen LogP contribution is -2.25. The van der Waals surface area contributed by atoms with Gasteiger partial charge in [-0.3, -0.25) is 9.59 Å². The standard InChI is InChI=1S/C17H18N4O5/c1-25-17(24)11-4-2-3-5-12(11)19-14(22)8-13-20-16(26-21-13)15(23)18-9-10-6-7-10/h2-5,10H,6-9H2,1H3,(H,18,23)(H,19,22). The quantitative estimate of drug-likeness (QED) is 0.712. The van der Waals surface area contributed by atoms with Crippen molar-refractivity contribution in [3.63, 3.8) is 0 Å². The molecule has 9 nitrogen and oxygen atoms in total. The van der Waals surface area contributed by atoms with E-state index in [0.717, 1.165) is 12.8 Å². The van der Waals surface area contributed by atoms with Crippen LogP contribution in [0.1, 0.15) is 39.7 Å². The molecule has 0 radical (unpaired) electrons. The number of hydrogen-bond acceptors (Lipinski definition) is 7. The number of esters is 1. The summed E-state index contributed by atoms with van der Waals surface area (Å²) < 4.78 is 9.56. The Morgan fingerprint density at radius 1 is 1.27 bits per heavy atom. The highest BCUT2D eigenvalue weighted by molar-refractivity contribution is 6.01. The van der Waals surface area contributed by atoms with Crippen LogP contribution in [0.25, 0.3) is 0 Å². The molecule has 9 heteroatoms. The van der Waals surface area contributed by atoms with E-state index in [1.54, 1.807) is 18.2 Å². The van der Waals surface area contributed by atoms with Crippen molar-refractivity contribution in [2.75, 3.05) is 19.0 Å². The first-order valence-electron chi connectivity index (χ1n) is 8.15. The fourth-order valence-electron chi connectivity index (χ4n) is 2.27. The molecule has 136 valence electrons. The van der Waals surface area contributed by atoms with E-state index < -0.39 is 17.8 Å². The molecule has 2 amide bonds. The van der Waals surface area contributed by atoms with E-state index in [1.165, 1.54) is 13.2 Å². The smallest absolute Gasteiger partial charge is 0.339 e. The van der Waals surface area contributed by atoms with E-state index in [2.05, 4.69) is 25.5 Å². The van der Waals surface area contributed by atoms with Gasteiger partial charge in [-0.05, 0) is 30.9 Å². The summed E-state index contributed by atoms with van der Waals surface area (Å²) in [7, 11) is 1.26. The van der Waals surface area contributed by atoms with Crippen LogP contribution in [-0.2, 0) is 16.0 Å². The molecule has 2 N–H and O–H groups in total. The van der Waals surface area contributed by atoms with Gasteiger partial charge in [0.15, 0.2) is 5.82 Å². The molecular formula is C17H18N4O5. The van der Waals surface area contributed by atoms with E-state index >= 15 is 0 Å². The lowest BCUT2D eigenvalue weighted by atomic mass is 10.1. The van der Waals surface area contributed by atoms with Crippen molar-refractivity contribution in [3.05, 3.63) is 41.5 Å². The van der Waals surface area contributed by atoms with Crippen LogP contribution >= 0.6 is 0 Å². The first-order chi connectivity index (χ1) is 12.6. The van der Waals surface area contributed by atoms with Crippen LogP contribution in [0.2, 0.25) is 0 Å². The number of para-hydroxylation sites is 1. The Morgan fingerprint density at radius 3 is 2.77 bits per heavy atom. The summed E-state index contributed by atoms with van der Waals surface area (Å²) in [5.41, 5.74) is 0.548. The Balaban J connectivity index is 1.58. The molecule has 0 atom stereocenters. The van der Waals surface area contributed by atoms with Gasteiger partial charge >= 0.3 is 17.8 Å². The highest BCUT2D eigenvalue weighted by atomic mass is 16.5. The third kappa shape index (κ3) is 4.44. The average Bonchev–Trinajstić information content (AvgIpc) is 3.36. The predicted octanol–water partition coefficient (Wildman–Crippen LogP) is 1.18. The molecule has 1 aliphatic rings. The third-order valence-electron chi connectivity index (χ3n) is 3.84. The summed E-state index contributed by atoms with van der Waals surface area (Å²) in [4.78, 5) is 39.7. The second-order valence-corrected chi connectivity index (χ2v) is 5.93. The number of methoxy groups -OCH3 is 1. The number of benzene rings is 1. The van der Waals surface area contributed by atoms with Crippen molar-refractivity contribution >= 4 is 23.5 Å². The van der Waals surface area contributed by atoms with Crippen molar-refractivity contribution < 1.29 is 23.6 Å². The van der Waals surface area contributed by atoms with Gasteiger partial charge in [-0.1, -0.05) is 17.3 Å². The second-order valence-electron chi connectivity index (χ2n) is 5.93. The molecular weight excluding hydrogens is 340 g/mol. The fourth-order valence-corrected chi connectivity index (χ4v) is 2.27. The lowest BCUT2D eigenvalue weighted by Gasteiger charge is -2.08. The maximum absolute atomic E-state index is 12.2. The number of nitrogens with zero attached hydrogens (tertiary/aromatic N) is 2. The van der Waals surface area contributed by atoms with E-state index in [9.17, 15) is 14.4 Å². The molecule has 0 unspecified atom stereocenters. The Labute approximate surface area is 149 Å². The van der Waals surface area contributed by atoms with Crippen LogP contribution in [0.15, 0.2) is 28.8 Å². The summed E-state index contributed by atoms with van der Waals surface area (Å²) in [6, 6.07) is 6.46. The van der Waals surface area contributed by atoms with Gasteiger partial charge in [0.05, 0.1) is 24.8 Å². The monoisotopic (exact) mass is 358 g/mol. The largest absolute Gasteiger partial charge is 0.465 e. The minimum absolute atomic E-state index is 0.0784. The fraction of sp³-hybridized carbons (Fsp3) is 0.353. The summed E-state index contributed by atoms with van der Waals surface area (Å²) in [5, 5.41) is 8.94. The van der Waals surface area contributed by atoms with Crippen molar-refractivity contribution in [1.82, 2.24) is 15.5 Å². The number of aromatic nitrogens is 2. The molecule has 0 bridgehead atoms. The molecule has 1 aliphatic carbocycles. The Kier molecular flexibility index (Phi) is 5.26. The number of nitrogens with one attached hydrogen (secondary N) is 2. The Morgan fingerprint density at radius 2 is 2.04 bits per heavy atom. The molecule has 1 aromatic heterocycles. The van der Waals surface area contributed by atoms with Gasteiger partial charge in [0, 0.05) is 6.54 Å². The van der Waals surface area contributed by atoms with Crippen LogP contribution in [0, 0.1) is 5.92 Å². The van der Waals surface area contributed by atoms with Gasteiger partial charge in [-0.2, -0.15) is 4.98 Å².